The van der Waals surface area contributed by atoms with Crippen LogP contribution in [0.4, 0.5) is 0 Å². The van der Waals surface area contributed by atoms with Gasteiger partial charge in [-0.1, -0.05) is 80.6 Å². The van der Waals surface area contributed by atoms with Crippen LogP contribution in [0.5, 0.6) is 0 Å². The molecule has 1 atom stereocenters. The third-order valence-corrected chi connectivity index (χ3v) is 4.60. The zero-order valence-electron chi connectivity index (χ0n) is 14.0. The number of halogens is 2. The summed E-state index contributed by atoms with van der Waals surface area (Å²) in [4.78, 5) is 2.41. The molecule has 0 aromatic heterocycles. The predicted octanol–water partition coefficient (Wildman–Crippen LogP) is 6.59. The molecule has 0 aliphatic rings. The molecule has 0 amide bonds. The van der Waals surface area contributed by atoms with Gasteiger partial charge in [0.05, 0.1) is 0 Å². The van der Waals surface area contributed by atoms with Crippen LogP contribution in [0.25, 0.3) is 0 Å². The second-order valence-electron chi connectivity index (χ2n) is 6.07. The molecule has 0 spiro atoms. The van der Waals surface area contributed by atoms with Crippen LogP contribution in [0, 0.1) is 0 Å². The van der Waals surface area contributed by atoms with E-state index in [0.29, 0.717) is 0 Å². The van der Waals surface area contributed by atoms with Crippen molar-refractivity contribution in [2.24, 2.45) is 0 Å². The standard InChI is InChI=1S/C17H36BrN.BrH/c1-4-5-6-7-8-9-10-11-12-14-17(19(2)3)15-13-16-18;/h17H,4-16H2,1-3H3;1H. The fraction of sp³-hybridized carbons (Fsp3) is 1.00. The molecule has 0 aliphatic carbocycles. The van der Waals surface area contributed by atoms with Crippen LogP contribution >= 0.6 is 32.9 Å². The first-order chi connectivity index (χ1) is 9.22. The molecule has 0 aromatic carbocycles. The van der Waals surface area contributed by atoms with Gasteiger partial charge in [0.2, 0.25) is 0 Å². The van der Waals surface area contributed by atoms with E-state index in [1.54, 1.807) is 0 Å². The Hall–Kier alpha value is 0.920. The largest absolute Gasteiger partial charge is 0.306 e. The van der Waals surface area contributed by atoms with E-state index in [0.717, 1.165) is 11.4 Å². The molecule has 0 aromatic rings. The monoisotopic (exact) mass is 413 g/mol. The highest BCUT2D eigenvalue weighted by Gasteiger charge is 2.09. The number of rotatable bonds is 14. The molecule has 1 nitrogen and oxygen atoms in total. The van der Waals surface area contributed by atoms with Gasteiger partial charge in [0.15, 0.2) is 0 Å². The summed E-state index contributed by atoms with van der Waals surface area (Å²) in [5, 5.41) is 1.15. The third kappa shape index (κ3) is 15.3. The molecule has 0 bridgehead atoms. The minimum Gasteiger partial charge on any atom is -0.306 e. The fourth-order valence-corrected chi connectivity index (χ4v) is 2.99. The van der Waals surface area contributed by atoms with Crippen LogP contribution in [-0.2, 0) is 0 Å². The Bertz CT molecular complexity index is 174. The second-order valence-corrected chi connectivity index (χ2v) is 6.86. The molecule has 0 saturated carbocycles. The molecule has 124 valence electrons. The highest BCUT2D eigenvalue weighted by atomic mass is 79.9. The number of hydrogen-bond acceptors (Lipinski definition) is 1. The predicted molar refractivity (Wildman–Crippen MR) is 103 cm³/mol. The van der Waals surface area contributed by atoms with Gasteiger partial charge < -0.3 is 4.90 Å². The lowest BCUT2D eigenvalue weighted by atomic mass is 10.0. The molecular formula is C17H37Br2N. The highest BCUT2D eigenvalue weighted by molar-refractivity contribution is 9.09. The van der Waals surface area contributed by atoms with E-state index in [1.165, 1.54) is 77.0 Å². The number of unbranched alkanes of at least 4 members (excludes halogenated alkanes) is 8. The lowest BCUT2D eigenvalue weighted by Gasteiger charge is -2.24. The summed E-state index contributed by atoms with van der Waals surface area (Å²) in [6.45, 7) is 2.29. The van der Waals surface area contributed by atoms with Gasteiger partial charge in [-0.15, -0.1) is 17.0 Å². The molecule has 0 rings (SSSR count). The lowest BCUT2D eigenvalue weighted by Crippen LogP contribution is -2.27. The quantitative estimate of drug-likeness (QED) is 0.229. The van der Waals surface area contributed by atoms with Gasteiger partial charge >= 0.3 is 0 Å². The molecular weight excluding hydrogens is 378 g/mol. The van der Waals surface area contributed by atoms with E-state index in [2.05, 4.69) is 41.8 Å². The van der Waals surface area contributed by atoms with Crippen molar-refractivity contribution in [3.05, 3.63) is 0 Å². The molecule has 0 radical (unpaired) electrons. The van der Waals surface area contributed by atoms with Crippen molar-refractivity contribution in [3.63, 3.8) is 0 Å². The zero-order chi connectivity index (χ0) is 14.3. The Kier molecular flexibility index (Phi) is 20.8. The van der Waals surface area contributed by atoms with Gasteiger partial charge in [0.25, 0.3) is 0 Å². The summed E-state index contributed by atoms with van der Waals surface area (Å²) >= 11 is 3.54. The van der Waals surface area contributed by atoms with E-state index in [4.69, 9.17) is 0 Å². The van der Waals surface area contributed by atoms with Gasteiger partial charge in [-0.25, -0.2) is 0 Å². The first kappa shape index (κ1) is 23.2. The average Bonchev–Trinajstić information content (AvgIpc) is 2.39. The zero-order valence-corrected chi connectivity index (χ0v) is 17.3. The third-order valence-electron chi connectivity index (χ3n) is 4.04. The summed E-state index contributed by atoms with van der Waals surface area (Å²) in [5.41, 5.74) is 0. The molecule has 1 unspecified atom stereocenters. The highest BCUT2D eigenvalue weighted by Crippen LogP contribution is 2.15. The molecule has 0 heterocycles. The molecule has 20 heavy (non-hydrogen) atoms. The smallest absolute Gasteiger partial charge is 0.00894 e. The summed E-state index contributed by atoms with van der Waals surface area (Å²) in [6, 6.07) is 0.794. The Labute approximate surface area is 147 Å². The lowest BCUT2D eigenvalue weighted by molar-refractivity contribution is 0.256. The Balaban J connectivity index is 0. The van der Waals surface area contributed by atoms with Crippen LogP contribution < -0.4 is 0 Å². The molecule has 0 fully saturated rings. The van der Waals surface area contributed by atoms with Gasteiger partial charge in [-0.05, 0) is 33.4 Å². The van der Waals surface area contributed by atoms with Crippen molar-refractivity contribution in [2.75, 3.05) is 19.4 Å². The summed E-state index contributed by atoms with van der Waals surface area (Å²) < 4.78 is 0. The van der Waals surface area contributed by atoms with Gasteiger partial charge in [0, 0.05) is 11.4 Å². The van der Waals surface area contributed by atoms with Crippen LogP contribution in [0.2, 0.25) is 0 Å². The summed E-state index contributed by atoms with van der Waals surface area (Å²) in [6.07, 6.45) is 16.9. The molecule has 0 aliphatic heterocycles. The van der Waals surface area contributed by atoms with Crippen LogP contribution in [0.3, 0.4) is 0 Å². The van der Waals surface area contributed by atoms with Crippen molar-refractivity contribution < 1.29 is 0 Å². The average molecular weight is 415 g/mol. The van der Waals surface area contributed by atoms with Crippen molar-refractivity contribution in [1.29, 1.82) is 0 Å². The maximum absolute atomic E-state index is 3.54. The summed E-state index contributed by atoms with van der Waals surface area (Å²) in [7, 11) is 4.46. The molecule has 3 heteroatoms. The van der Waals surface area contributed by atoms with Crippen LogP contribution in [-0.4, -0.2) is 30.4 Å². The Morgan fingerprint density at radius 2 is 1.20 bits per heavy atom. The van der Waals surface area contributed by atoms with Crippen molar-refractivity contribution in [2.45, 2.75) is 90.0 Å². The van der Waals surface area contributed by atoms with E-state index >= 15 is 0 Å². The van der Waals surface area contributed by atoms with Gasteiger partial charge in [0.1, 0.15) is 0 Å². The Morgan fingerprint density at radius 1 is 0.750 bits per heavy atom. The van der Waals surface area contributed by atoms with E-state index < -0.39 is 0 Å². The SMILES string of the molecule is Br.CCCCCCCCCCCC(CCCBr)N(C)C. The number of nitrogens with zero attached hydrogens (tertiary/aromatic N) is 1. The maximum atomic E-state index is 3.54. The fourth-order valence-electron chi connectivity index (χ4n) is 2.66. The minimum atomic E-state index is 0. The maximum Gasteiger partial charge on any atom is 0.00894 e. The van der Waals surface area contributed by atoms with E-state index in [1.807, 2.05) is 0 Å². The van der Waals surface area contributed by atoms with Crippen LogP contribution in [0.1, 0.15) is 84.0 Å². The number of hydrogen-bond donors (Lipinski definition) is 0. The van der Waals surface area contributed by atoms with Crippen molar-refractivity contribution >= 4 is 32.9 Å². The van der Waals surface area contributed by atoms with Crippen molar-refractivity contribution in [1.82, 2.24) is 4.90 Å². The number of alkyl halides is 1. The Morgan fingerprint density at radius 3 is 1.65 bits per heavy atom. The topological polar surface area (TPSA) is 3.24 Å². The first-order valence-corrected chi connectivity index (χ1v) is 9.56. The van der Waals surface area contributed by atoms with E-state index in [9.17, 15) is 0 Å². The normalized spacial score (nSPS) is 12.4. The minimum absolute atomic E-state index is 0. The first-order valence-electron chi connectivity index (χ1n) is 8.44. The van der Waals surface area contributed by atoms with Gasteiger partial charge in [-0.3, -0.25) is 0 Å². The van der Waals surface area contributed by atoms with Gasteiger partial charge in [-0.2, -0.15) is 0 Å². The van der Waals surface area contributed by atoms with E-state index in [-0.39, 0.29) is 17.0 Å². The van der Waals surface area contributed by atoms with Crippen molar-refractivity contribution in [3.8, 4) is 0 Å². The summed E-state index contributed by atoms with van der Waals surface area (Å²) in [5.74, 6) is 0. The molecule has 0 N–H and O–H groups in total. The van der Waals surface area contributed by atoms with Crippen LogP contribution in [0.15, 0.2) is 0 Å². The molecule has 0 saturated heterocycles. The second kappa shape index (κ2) is 18.0.